The quantitative estimate of drug-likeness (QED) is 0.537. The molecule has 5 nitrogen and oxygen atoms in total. The molecule has 21 heavy (non-hydrogen) atoms. The van der Waals surface area contributed by atoms with Crippen LogP contribution in [0.25, 0.3) is 10.9 Å². The second-order valence-electron chi connectivity index (χ2n) is 4.78. The van der Waals surface area contributed by atoms with E-state index >= 15 is 0 Å². The van der Waals surface area contributed by atoms with E-state index in [1.807, 2.05) is 24.3 Å². The van der Waals surface area contributed by atoms with Gasteiger partial charge in [0.15, 0.2) is 0 Å². The summed E-state index contributed by atoms with van der Waals surface area (Å²) in [5, 5.41) is 4.34. The Morgan fingerprint density at radius 1 is 1.24 bits per heavy atom. The van der Waals surface area contributed by atoms with Gasteiger partial charge in [0.1, 0.15) is 4.99 Å². The van der Waals surface area contributed by atoms with Gasteiger partial charge in [-0.2, -0.15) is 0 Å². The van der Waals surface area contributed by atoms with E-state index in [2.05, 4.69) is 10.3 Å². The Morgan fingerprint density at radius 3 is 2.71 bits per heavy atom. The first-order valence-corrected chi connectivity index (χ1v) is 7.20. The Hall–Kier alpha value is -2.21. The van der Waals surface area contributed by atoms with E-state index in [-0.39, 0.29) is 5.91 Å². The van der Waals surface area contributed by atoms with E-state index < -0.39 is 0 Å². The number of carbonyl (C=O) groups excluding carboxylic acids is 1. The minimum atomic E-state index is -0.270. The summed E-state index contributed by atoms with van der Waals surface area (Å²) in [7, 11) is 0. The van der Waals surface area contributed by atoms with Crippen LogP contribution in [0.2, 0.25) is 0 Å². The maximum absolute atomic E-state index is 10.7. The summed E-state index contributed by atoms with van der Waals surface area (Å²) >= 11 is 5.08. The maximum Gasteiger partial charge on any atom is 0.217 e. The normalized spacial score (nSPS) is 10.5. The van der Waals surface area contributed by atoms with Gasteiger partial charge in [0.2, 0.25) is 5.91 Å². The second-order valence-corrected chi connectivity index (χ2v) is 5.22. The molecule has 1 heterocycles. The van der Waals surface area contributed by atoms with Crippen LogP contribution in [-0.4, -0.2) is 22.4 Å². The van der Waals surface area contributed by atoms with Gasteiger partial charge < -0.3 is 16.8 Å². The lowest BCUT2D eigenvalue weighted by atomic mass is 10.1. The van der Waals surface area contributed by atoms with Crippen molar-refractivity contribution in [3.63, 3.8) is 0 Å². The summed E-state index contributed by atoms with van der Waals surface area (Å²) < 4.78 is 0. The highest BCUT2D eigenvalue weighted by atomic mass is 32.1. The molecule has 1 amide bonds. The molecule has 0 bridgehead atoms. The van der Waals surface area contributed by atoms with Gasteiger partial charge in [-0.15, -0.1) is 0 Å². The lowest BCUT2D eigenvalue weighted by Crippen LogP contribution is -2.15. The van der Waals surface area contributed by atoms with Crippen LogP contribution >= 0.6 is 12.2 Å². The predicted octanol–water partition coefficient (Wildman–Crippen LogP) is 1.94. The number of anilines is 1. The van der Waals surface area contributed by atoms with Crippen molar-refractivity contribution in [2.45, 2.75) is 19.3 Å². The molecule has 0 atom stereocenters. The molecule has 1 aromatic heterocycles. The van der Waals surface area contributed by atoms with Gasteiger partial charge in [-0.25, -0.2) is 0 Å². The maximum atomic E-state index is 10.7. The average molecular weight is 302 g/mol. The molecule has 0 spiro atoms. The fourth-order valence-corrected chi connectivity index (χ4v) is 2.31. The highest BCUT2D eigenvalue weighted by molar-refractivity contribution is 7.80. The van der Waals surface area contributed by atoms with Crippen LogP contribution in [0.15, 0.2) is 30.5 Å². The van der Waals surface area contributed by atoms with E-state index in [0.29, 0.717) is 11.4 Å². The van der Waals surface area contributed by atoms with E-state index in [1.165, 1.54) is 0 Å². The van der Waals surface area contributed by atoms with Crippen LogP contribution in [0.5, 0.6) is 0 Å². The van der Waals surface area contributed by atoms with E-state index in [9.17, 15) is 4.79 Å². The summed E-state index contributed by atoms with van der Waals surface area (Å²) in [5.41, 5.74) is 13.4. The molecule has 6 heteroatoms. The average Bonchev–Trinajstić information content (AvgIpc) is 2.46. The molecule has 110 valence electrons. The van der Waals surface area contributed by atoms with Crippen molar-refractivity contribution in [3.05, 3.63) is 36.0 Å². The van der Waals surface area contributed by atoms with Crippen LogP contribution in [0.1, 0.15) is 24.8 Å². The number of nitrogens with two attached hydrogens (primary N) is 2. The van der Waals surface area contributed by atoms with Gasteiger partial charge in [-0.1, -0.05) is 30.4 Å². The number of hydrogen-bond acceptors (Lipinski definition) is 4. The number of rotatable bonds is 7. The Morgan fingerprint density at radius 2 is 2.00 bits per heavy atom. The molecule has 0 unspecified atom stereocenters. The smallest absolute Gasteiger partial charge is 0.217 e. The molecule has 2 aromatic rings. The largest absolute Gasteiger partial charge is 0.389 e. The highest BCUT2D eigenvalue weighted by Gasteiger charge is 2.10. The standard InChI is InChI=1S/C15H18N4OS/c16-13(20)7-3-4-8-18-14-10-5-1-2-6-12(10)19-9-11(14)15(17)21/h1-2,5-6,9H,3-4,7-8H2,(H2,16,20)(H2,17,21)(H,18,19). The number of pyridine rings is 1. The first kappa shape index (κ1) is 15.2. The third kappa shape index (κ3) is 3.88. The zero-order valence-electron chi connectivity index (χ0n) is 11.6. The third-order valence-corrected chi connectivity index (χ3v) is 3.41. The van der Waals surface area contributed by atoms with Crippen LogP contribution in [0, 0.1) is 0 Å². The fourth-order valence-electron chi connectivity index (χ4n) is 2.16. The van der Waals surface area contributed by atoms with Crippen LogP contribution < -0.4 is 16.8 Å². The number of unbranched alkanes of at least 4 members (excludes halogenated alkanes) is 1. The van der Waals surface area contributed by atoms with Crippen molar-refractivity contribution >= 4 is 39.7 Å². The summed E-state index contributed by atoms with van der Waals surface area (Å²) in [6.45, 7) is 0.719. The van der Waals surface area contributed by atoms with Crippen molar-refractivity contribution in [3.8, 4) is 0 Å². The molecule has 2 rings (SSSR count). The SMILES string of the molecule is NC(=O)CCCCNc1c(C(N)=S)cnc2ccccc12. The molecule has 0 aliphatic heterocycles. The van der Waals surface area contributed by atoms with Crippen molar-refractivity contribution in [2.75, 3.05) is 11.9 Å². The summed E-state index contributed by atoms with van der Waals surface area (Å²) in [5.74, 6) is -0.270. The number of benzene rings is 1. The second kappa shape index (κ2) is 6.99. The topological polar surface area (TPSA) is 94.0 Å². The summed E-state index contributed by atoms with van der Waals surface area (Å²) in [4.78, 5) is 15.4. The number of hydrogen-bond donors (Lipinski definition) is 3. The molecule has 0 fully saturated rings. The number of carbonyl (C=O) groups is 1. The van der Waals surface area contributed by atoms with Crippen LogP contribution in [0.4, 0.5) is 5.69 Å². The van der Waals surface area contributed by atoms with Gasteiger partial charge in [0.25, 0.3) is 0 Å². The Labute approximate surface area is 128 Å². The van der Waals surface area contributed by atoms with Gasteiger partial charge in [-0.3, -0.25) is 9.78 Å². The summed E-state index contributed by atoms with van der Waals surface area (Å²) in [6, 6.07) is 7.81. The number of para-hydroxylation sites is 1. The van der Waals surface area contributed by atoms with Gasteiger partial charge >= 0.3 is 0 Å². The minimum absolute atomic E-state index is 0.270. The van der Waals surface area contributed by atoms with E-state index in [4.69, 9.17) is 23.7 Å². The molecule has 0 saturated carbocycles. The van der Waals surface area contributed by atoms with Gasteiger partial charge in [0.05, 0.1) is 16.8 Å². The lowest BCUT2D eigenvalue weighted by Gasteiger charge is -2.13. The minimum Gasteiger partial charge on any atom is -0.389 e. The number of thiocarbonyl (C=S) groups is 1. The number of nitrogens with one attached hydrogen (secondary N) is 1. The summed E-state index contributed by atoms with van der Waals surface area (Å²) in [6.07, 6.45) is 3.70. The first-order chi connectivity index (χ1) is 10.1. The van der Waals surface area contributed by atoms with Gasteiger partial charge in [-0.05, 0) is 18.9 Å². The molecular weight excluding hydrogens is 284 g/mol. The van der Waals surface area contributed by atoms with Crippen LogP contribution in [-0.2, 0) is 4.79 Å². The molecule has 5 N–H and O–H groups in total. The zero-order chi connectivity index (χ0) is 15.2. The number of primary amides is 1. The van der Waals surface area contributed by atoms with Gasteiger partial charge in [0, 0.05) is 24.5 Å². The molecule has 1 aromatic carbocycles. The Bertz CT molecular complexity index is 672. The van der Waals surface area contributed by atoms with Crippen molar-refractivity contribution in [1.29, 1.82) is 0 Å². The van der Waals surface area contributed by atoms with Crippen molar-refractivity contribution < 1.29 is 4.79 Å². The number of amides is 1. The van der Waals surface area contributed by atoms with Crippen LogP contribution in [0.3, 0.4) is 0 Å². The number of aromatic nitrogens is 1. The number of nitrogens with zero attached hydrogens (tertiary/aromatic N) is 1. The fraction of sp³-hybridized carbons (Fsp3) is 0.267. The van der Waals surface area contributed by atoms with Crippen molar-refractivity contribution in [2.24, 2.45) is 11.5 Å². The van der Waals surface area contributed by atoms with Crippen molar-refractivity contribution in [1.82, 2.24) is 4.98 Å². The van der Waals surface area contributed by atoms with E-state index in [0.717, 1.165) is 41.5 Å². The van der Waals surface area contributed by atoms with E-state index in [1.54, 1.807) is 6.20 Å². The third-order valence-electron chi connectivity index (χ3n) is 3.19. The zero-order valence-corrected chi connectivity index (χ0v) is 12.5. The highest BCUT2D eigenvalue weighted by Crippen LogP contribution is 2.25. The molecule has 0 saturated heterocycles. The monoisotopic (exact) mass is 302 g/mol. The predicted molar refractivity (Wildman–Crippen MR) is 89.2 cm³/mol. The first-order valence-electron chi connectivity index (χ1n) is 6.79. The molecular formula is C15H18N4OS. The molecule has 0 aliphatic rings. The number of fused-ring (bicyclic) bond motifs is 1. The lowest BCUT2D eigenvalue weighted by molar-refractivity contribution is -0.118. The Balaban J connectivity index is 2.17. The Kier molecular flexibility index (Phi) is 5.05. The molecule has 0 aliphatic carbocycles. The molecule has 0 radical (unpaired) electrons.